The number of aromatic nitrogens is 1. The van der Waals surface area contributed by atoms with Crippen molar-refractivity contribution in [3.8, 4) is 0 Å². The smallest absolute Gasteiger partial charge is 0.177 e. The Balaban J connectivity index is 2.54. The lowest BCUT2D eigenvalue weighted by Crippen LogP contribution is -1.99. The van der Waals surface area contributed by atoms with Crippen LogP contribution in [0.3, 0.4) is 0 Å². The van der Waals surface area contributed by atoms with Gasteiger partial charge in [0.1, 0.15) is 0 Å². The van der Waals surface area contributed by atoms with Crippen LogP contribution in [0.15, 0.2) is 23.7 Å². The third-order valence-electron chi connectivity index (χ3n) is 1.77. The molecule has 1 aromatic carbocycles. The molecule has 0 aliphatic carbocycles. The van der Waals surface area contributed by atoms with Crippen LogP contribution in [0.25, 0.3) is 10.2 Å². The van der Waals surface area contributed by atoms with Gasteiger partial charge in [-0.2, -0.15) is 0 Å². The summed E-state index contributed by atoms with van der Waals surface area (Å²) in [6, 6.07) is 5.45. The molecule has 0 radical (unpaired) electrons. The van der Waals surface area contributed by atoms with E-state index in [9.17, 15) is 4.79 Å². The van der Waals surface area contributed by atoms with E-state index in [-0.39, 0.29) is 11.7 Å². The number of Topliss-reactive ketones (excluding diaryl/α,β-unsaturated/α-hetero) is 1. The lowest BCUT2D eigenvalue weighted by molar-refractivity contribution is 0.102. The van der Waals surface area contributed by atoms with Gasteiger partial charge in [-0.3, -0.25) is 4.79 Å². The van der Waals surface area contributed by atoms with E-state index in [0.717, 1.165) is 10.2 Å². The number of rotatable bonds is 2. The summed E-state index contributed by atoms with van der Waals surface area (Å²) in [5.74, 6) is -0.0353. The fraction of sp³-hybridized carbons (Fsp3) is 0.111. The van der Waals surface area contributed by atoms with Crippen LogP contribution in [-0.2, 0) is 0 Å². The third kappa shape index (κ3) is 1.57. The van der Waals surface area contributed by atoms with E-state index in [1.54, 1.807) is 29.0 Å². The normalized spacial score (nSPS) is 10.5. The minimum atomic E-state index is -0.0587. The summed E-state index contributed by atoms with van der Waals surface area (Å²) in [4.78, 5) is 15.3. The average molecular weight is 212 g/mol. The largest absolute Gasteiger partial charge is 0.293 e. The predicted molar refractivity (Wildman–Crippen MR) is 54.7 cm³/mol. The lowest BCUT2D eigenvalue weighted by Gasteiger charge is -1.95. The van der Waals surface area contributed by atoms with Crippen LogP contribution in [0.5, 0.6) is 0 Å². The number of thiazole rings is 1. The van der Waals surface area contributed by atoms with Crippen molar-refractivity contribution in [2.45, 2.75) is 0 Å². The molecule has 0 bridgehead atoms. The van der Waals surface area contributed by atoms with Gasteiger partial charge in [-0.15, -0.1) is 22.9 Å². The molecule has 0 fully saturated rings. The molecule has 2 nitrogen and oxygen atoms in total. The van der Waals surface area contributed by atoms with Crippen molar-refractivity contribution in [1.29, 1.82) is 0 Å². The van der Waals surface area contributed by atoms with Crippen LogP contribution in [0, 0.1) is 0 Å². The number of fused-ring (bicyclic) bond motifs is 1. The van der Waals surface area contributed by atoms with Crippen molar-refractivity contribution >= 4 is 38.9 Å². The SMILES string of the molecule is O=C(CCl)c1ccc2scnc2c1. The minimum Gasteiger partial charge on any atom is -0.293 e. The van der Waals surface area contributed by atoms with Gasteiger partial charge in [0.15, 0.2) is 5.78 Å². The molecule has 13 heavy (non-hydrogen) atoms. The van der Waals surface area contributed by atoms with Gasteiger partial charge in [0.05, 0.1) is 21.6 Å². The summed E-state index contributed by atoms with van der Waals surface area (Å²) < 4.78 is 1.09. The number of ketones is 1. The molecule has 0 aliphatic rings. The molecule has 2 rings (SSSR count). The lowest BCUT2D eigenvalue weighted by atomic mass is 10.1. The molecule has 0 unspecified atom stereocenters. The van der Waals surface area contributed by atoms with Crippen LogP contribution in [0.4, 0.5) is 0 Å². The summed E-state index contributed by atoms with van der Waals surface area (Å²) >= 11 is 7.00. The van der Waals surface area contributed by atoms with Crippen LogP contribution >= 0.6 is 22.9 Å². The maximum atomic E-state index is 11.2. The molecule has 0 saturated heterocycles. The fourth-order valence-electron chi connectivity index (χ4n) is 1.11. The Morgan fingerprint density at radius 2 is 2.38 bits per heavy atom. The maximum Gasteiger partial charge on any atom is 0.177 e. The summed E-state index contributed by atoms with van der Waals surface area (Å²) in [6.45, 7) is 0. The molecule has 1 aromatic heterocycles. The first-order valence-corrected chi connectivity index (χ1v) is 5.15. The van der Waals surface area contributed by atoms with Gasteiger partial charge in [0.2, 0.25) is 0 Å². The Morgan fingerprint density at radius 3 is 3.15 bits per heavy atom. The van der Waals surface area contributed by atoms with E-state index in [4.69, 9.17) is 11.6 Å². The highest BCUT2D eigenvalue weighted by Crippen LogP contribution is 2.19. The van der Waals surface area contributed by atoms with E-state index in [0.29, 0.717) is 5.56 Å². The number of nitrogens with zero attached hydrogens (tertiary/aromatic N) is 1. The second-order valence-corrected chi connectivity index (χ2v) is 3.75. The Labute approximate surface area is 84.2 Å². The van der Waals surface area contributed by atoms with Gasteiger partial charge in [0.25, 0.3) is 0 Å². The molecule has 0 amide bonds. The molecule has 1 heterocycles. The zero-order valence-corrected chi connectivity index (χ0v) is 8.23. The van der Waals surface area contributed by atoms with E-state index >= 15 is 0 Å². The average Bonchev–Trinajstić information content (AvgIpc) is 2.63. The van der Waals surface area contributed by atoms with E-state index in [1.807, 2.05) is 6.07 Å². The van der Waals surface area contributed by atoms with Crippen molar-refractivity contribution in [3.05, 3.63) is 29.3 Å². The Kier molecular flexibility index (Phi) is 2.29. The molecule has 0 spiro atoms. The maximum absolute atomic E-state index is 11.2. The second-order valence-electron chi connectivity index (χ2n) is 2.59. The Morgan fingerprint density at radius 1 is 1.54 bits per heavy atom. The monoisotopic (exact) mass is 211 g/mol. The van der Waals surface area contributed by atoms with Crippen LogP contribution in [0.1, 0.15) is 10.4 Å². The molecule has 0 atom stereocenters. The van der Waals surface area contributed by atoms with Gasteiger partial charge >= 0.3 is 0 Å². The van der Waals surface area contributed by atoms with Gasteiger partial charge in [-0.25, -0.2) is 4.98 Å². The van der Waals surface area contributed by atoms with E-state index < -0.39 is 0 Å². The molecule has 4 heteroatoms. The number of halogens is 1. The summed E-state index contributed by atoms with van der Waals surface area (Å²) in [5.41, 5.74) is 3.26. The van der Waals surface area contributed by atoms with Crippen molar-refractivity contribution in [1.82, 2.24) is 4.98 Å². The number of hydrogen-bond donors (Lipinski definition) is 0. The Hall–Kier alpha value is -0.930. The van der Waals surface area contributed by atoms with Crippen molar-refractivity contribution in [3.63, 3.8) is 0 Å². The fourth-order valence-corrected chi connectivity index (χ4v) is 1.92. The highest BCUT2D eigenvalue weighted by atomic mass is 35.5. The molecule has 66 valence electrons. The third-order valence-corrected chi connectivity index (χ3v) is 2.83. The molecule has 0 saturated carbocycles. The topological polar surface area (TPSA) is 30.0 Å². The summed E-state index contributed by atoms with van der Waals surface area (Å²) in [6.07, 6.45) is 0. The van der Waals surface area contributed by atoms with Gasteiger partial charge in [0, 0.05) is 5.56 Å². The zero-order valence-electron chi connectivity index (χ0n) is 6.66. The molecule has 0 aliphatic heterocycles. The van der Waals surface area contributed by atoms with Crippen molar-refractivity contribution < 1.29 is 4.79 Å². The number of carbonyl (C=O) groups excluding carboxylic acids is 1. The van der Waals surface area contributed by atoms with Crippen LogP contribution in [0.2, 0.25) is 0 Å². The molecule has 0 N–H and O–H groups in total. The van der Waals surface area contributed by atoms with Crippen LogP contribution < -0.4 is 0 Å². The molecular formula is C9H6ClNOS. The molecular weight excluding hydrogens is 206 g/mol. The first-order chi connectivity index (χ1) is 6.31. The second kappa shape index (κ2) is 3.44. The first kappa shape index (κ1) is 8.66. The van der Waals surface area contributed by atoms with E-state index in [2.05, 4.69) is 4.98 Å². The zero-order chi connectivity index (χ0) is 9.26. The first-order valence-electron chi connectivity index (χ1n) is 3.73. The Bertz CT molecular complexity index is 452. The minimum absolute atomic E-state index is 0.0235. The van der Waals surface area contributed by atoms with Gasteiger partial charge < -0.3 is 0 Å². The van der Waals surface area contributed by atoms with Gasteiger partial charge in [-0.1, -0.05) is 0 Å². The standard InChI is InChI=1S/C9H6ClNOS/c10-4-8(12)6-1-2-9-7(3-6)11-5-13-9/h1-3,5H,4H2. The van der Waals surface area contributed by atoms with E-state index in [1.165, 1.54) is 0 Å². The highest BCUT2D eigenvalue weighted by Gasteiger charge is 2.05. The van der Waals surface area contributed by atoms with Gasteiger partial charge in [-0.05, 0) is 18.2 Å². The highest BCUT2D eigenvalue weighted by molar-refractivity contribution is 7.16. The summed E-state index contributed by atoms with van der Waals surface area (Å²) in [5, 5.41) is 0. The number of hydrogen-bond acceptors (Lipinski definition) is 3. The molecule has 2 aromatic rings. The predicted octanol–water partition coefficient (Wildman–Crippen LogP) is 2.72. The van der Waals surface area contributed by atoms with Crippen LogP contribution in [-0.4, -0.2) is 16.6 Å². The number of carbonyl (C=O) groups is 1. The van der Waals surface area contributed by atoms with Crippen molar-refractivity contribution in [2.24, 2.45) is 0 Å². The van der Waals surface area contributed by atoms with Crippen molar-refractivity contribution in [2.75, 3.05) is 5.88 Å². The quantitative estimate of drug-likeness (QED) is 0.565. The number of benzene rings is 1. The summed E-state index contributed by atoms with van der Waals surface area (Å²) in [7, 11) is 0. The number of alkyl halides is 1.